The minimum Gasteiger partial charge on any atom is -0.394 e. The Morgan fingerprint density at radius 1 is 1.26 bits per heavy atom. The number of anilines is 1. The predicted octanol–water partition coefficient (Wildman–Crippen LogP) is 3.93. The number of hydrogen-bond acceptors (Lipinski definition) is 2. The minimum atomic E-state index is -0.528. The molecule has 0 fully saturated rings. The van der Waals surface area contributed by atoms with Gasteiger partial charge in [-0.2, -0.15) is 0 Å². The molecule has 2 nitrogen and oxygen atoms in total. The number of hydrogen-bond donors (Lipinski definition) is 2. The molecule has 2 N–H and O–H groups in total. The first-order valence-corrected chi connectivity index (χ1v) is 6.37. The molecule has 0 bridgehead atoms. The van der Waals surface area contributed by atoms with Gasteiger partial charge in [-0.05, 0) is 36.8 Å². The first kappa shape index (κ1) is 13.8. The molecule has 0 aliphatic carbocycles. The molecule has 4 heteroatoms. The van der Waals surface area contributed by atoms with Gasteiger partial charge in [0.15, 0.2) is 0 Å². The van der Waals surface area contributed by atoms with Crippen molar-refractivity contribution in [1.29, 1.82) is 0 Å². The molecule has 1 atom stereocenters. The molecule has 2 aromatic rings. The van der Waals surface area contributed by atoms with Crippen LogP contribution in [0.25, 0.3) is 0 Å². The van der Waals surface area contributed by atoms with E-state index in [1.807, 2.05) is 31.2 Å². The van der Waals surface area contributed by atoms with E-state index < -0.39 is 6.04 Å². The van der Waals surface area contributed by atoms with Crippen LogP contribution in [0.3, 0.4) is 0 Å². The van der Waals surface area contributed by atoms with E-state index in [0.29, 0.717) is 10.6 Å². The lowest BCUT2D eigenvalue weighted by Gasteiger charge is -2.20. The Hall–Kier alpha value is -1.58. The van der Waals surface area contributed by atoms with Gasteiger partial charge < -0.3 is 10.4 Å². The summed E-state index contributed by atoms with van der Waals surface area (Å²) in [5.41, 5.74) is 2.25. The fourth-order valence-corrected chi connectivity index (χ4v) is 2.11. The molecule has 0 aromatic heterocycles. The number of aryl methyl sites for hydroxylation is 1. The zero-order valence-electron chi connectivity index (χ0n) is 10.5. The number of nitrogens with one attached hydrogen (secondary N) is 1. The van der Waals surface area contributed by atoms with Gasteiger partial charge in [0.1, 0.15) is 5.82 Å². The highest BCUT2D eigenvalue weighted by molar-refractivity contribution is 6.30. The van der Waals surface area contributed by atoms with Crippen LogP contribution in [0.4, 0.5) is 10.1 Å². The van der Waals surface area contributed by atoms with Crippen LogP contribution in [0.5, 0.6) is 0 Å². The molecule has 0 aliphatic heterocycles. The molecule has 0 saturated heterocycles. The first-order valence-electron chi connectivity index (χ1n) is 6.00. The normalized spacial score (nSPS) is 12.2. The van der Waals surface area contributed by atoms with Crippen molar-refractivity contribution in [2.75, 3.05) is 11.9 Å². The second kappa shape index (κ2) is 6.04. The van der Waals surface area contributed by atoms with Crippen molar-refractivity contribution in [3.8, 4) is 0 Å². The summed E-state index contributed by atoms with van der Waals surface area (Å²) in [6.45, 7) is 1.73. The zero-order chi connectivity index (χ0) is 13.8. The third kappa shape index (κ3) is 3.25. The van der Waals surface area contributed by atoms with Gasteiger partial charge in [0.2, 0.25) is 0 Å². The van der Waals surface area contributed by atoms with Crippen molar-refractivity contribution < 1.29 is 9.50 Å². The maximum Gasteiger partial charge on any atom is 0.128 e. The Balaban J connectivity index is 2.30. The maximum atomic E-state index is 13.8. The van der Waals surface area contributed by atoms with Crippen LogP contribution in [0.1, 0.15) is 17.2 Å². The monoisotopic (exact) mass is 279 g/mol. The van der Waals surface area contributed by atoms with Crippen molar-refractivity contribution in [1.82, 2.24) is 0 Å². The smallest absolute Gasteiger partial charge is 0.128 e. The lowest BCUT2D eigenvalue weighted by molar-refractivity contribution is 0.274. The summed E-state index contributed by atoms with van der Waals surface area (Å²) in [4.78, 5) is 0. The first-order chi connectivity index (χ1) is 9.11. The number of benzene rings is 2. The molecular weight excluding hydrogens is 265 g/mol. The van der Waals surface area contributed by atoms with Gasteiger partial charge in [0.25, 0.3) is 0 Å². The standard InChI is InChI=1S/C15H15ClFNO/c1-10-4-2-3-5-14(10)18-15(9-19)12-8-11(16)6-7-13(12)17/h2-8,15,18-19H,9H2,1H3. The second-order valence-corrected chi connectivity index (χ2v) is 4.80. The van der Waals surface area contributed by atoms with Gasteiger partial charge in [-0.25, -0.2) is 4.39 Å². The Morgan fingerprint density at radius 2 is 2.00 bits per heavy atom. The SMILES string of the molecule is Cc1ccccc1NC(CO)c1cc(Cl)ccc1F. The molecular formula is C15H15ClFNO. The van der Waals surface area contributed by atoms with Gasteiger partial charge >= 0.3 is 0 Å². The fourth-order valence-electron chi connectivity index (χ4n) is 1.93. The van der Waals surface area contributed by atoms with E-state index in [0.717, 1.165) is 11.3 Å². The summed E-state index contributed by atoms with van der Waals surface area (Å²) in [6.07, 6.45) is 0. The molecule has 1 unspecified atom stereocenters. The van der Waals surface area contributed by atoms with Crippen LogP contribution >= 0.6 is 11.6 Å². The molecule has 100 valence electrons. The lowest BCUT2D eigenvalue weighted by atomic mass is 10.1. The number of para-hydroxylation sites is 1. The molecule has 0 aliphatic rings. The average Bonchev–Trinajstić information content (AvgIpc) is 2.41. The summed E-state index contributed by atoms with van der Waals surface area (Å²) >= 11 is 5.88. The predicted molar refractivity (Wildman–Crippen MR) is 76.0 cm³/mol. The largest absolute Gasteiger partial charge is 0.394 e. The van der Waals surface area contributed by atoms with E-state index in [-0.39, 0.29) is 12.4 Å². The number of halogens is 2. The Labute approximate surface area is 116 Å². The molecule has 0 amide bonds. The molecule has 0 heterocycles. The average molecular weight is 280 g/mol. The van der Waals surface area contributed by atoms with Crippen molar-refractivity contribution in [2.24, 2.45) is 0 Å². The van der Waals surface area contributed by atoms with Crippen LogP contribution < -0.4 is 5.32 Å². The van der Waals surface area contributed by atoms with Crippen LogP contribution in [0.15, 0.2) is 42.5 Å². The quantitative estimate of drug-likeness (QED) is 0.889. The summed E-state index contributed by atoms with van der Waals surface area (Å²) < 4.78 is 13.8. The van der Waals surface area contributed by atoms with Gasteiger partial charge in [-0.3, -0.25) is 0 Å². The second-order valence-electron chi connectivity index (χ2n) is 4.36. The molecule has 0 radical (unpaired) electrons. The topological polar surface area (TPSA) is 32.3 Å². The highest BCUT2D eigenvalue weighted by atomic mass is 35.5. The number of aliphatic hydroxyl groups is 1. The summed E-state index contributed by atoms with van der Waals surface area (Å²) in [5.74, 6) is -0.385. The van der Waals surface area contributed by atoms with Crippen LogP contribution in [-0.2, 0) is 0 Å². The highest BCUT2D eigenvalue weighted by Gasteiger charge is 2.16. The van der Waals surface area contributed by atoms with E-state index in [4.69, 9.17) is 11.6 Å². The van der Waals surface area contributed by atoms with E-state index in [1.165, 1.54) is 18.2 Å². The lowest BCUT2D eigenvalue weighted by Crippen LogP contribution is -2.17. The Kier molecular flexibility index (Phi) is 4.40. The third-order valence-electron chi connectivity index (χ3n) is 2.99. The van der Waals surface area contributed by atoms with Crippen molar-refractivity contribution in [3.05, 3.63) is 64.4 Å². The highest BCUT2D eigenvalue weighted by Crippen LogP contribution is 2.26. The maximum absolute atomic E-state index is 13.8. The van der Waals surface area contributed by atoms with E-state index >= 15 is 0 Å². The number of aliphatic hydroxyl groups excluding tert-OH is 1. The molecule has 2 rings (SSSR count). The Morgan fingerprint density at radius 3 is 2.68 bits per heavy atom. The van der Waals surface area contributed by atoms with Crippen molar-refractivity contribution in [3.63, 3.8) is 0 Å². The Bertz CT molecular complexity index is 574. The van der Waals surface area contributed by atoms with Gasteiger partial charge in [0.05, 0.1) is 12.6 Å². The van der Waals surface area contributed by atoms with E-state index in [9.17, 15) is 9.50 Å². The zero-order valence-corrected chi connectivity index (χ0v) is 11.3. The summed E-state index contributed by atoms with van der Waals surface area (Å²) in [5, 5.41) is 13.1. The summed E-state index contributed by atoms with van der Waals surface area (Å²) in [6, 6.07) is 11.4. The van der Waals surface area contributed by atoms with Gasteiger partial charge in [0, 0.05) is 16.3 Å². The van der Waals surface area contributed by atoms with Crippen LogP contribution in [0.2, 0.25) is 5.02 Å². The molecule has 19 heavy (non-hydrogen) atoms. The minimum absolute atomic E-state index is 0.217. The van der Waals surface area contributed by atoms with Gasteiger partial charge in [-0.15, -0.1) is 0 Å². The van der Waals surface area contributed by atoms with E-state index in [1.54, 1.807) is 0 Å². The van der Waals surface area contributed by atoms with Crippen molar-refractivity contribution in [2.45, 2.75) is 13.0 Å². The molecule has 0 spiro atoms. The van der Waals surface area contributed by atoms with Gasteiger partial charge in [-0.1, -0.05) is 29.8 Å². The fraction of sp³-hybridized carbons (Fsp3) is 0.200. The van der Waals surface area contributed by atoms with E-state index in [2.05, 4.69) is 5.32 Å². The number of rotatable bonds is 4. The van der Waals surface area contributed by atoms with Crippen molar-refractivity contribution >= 4 is 17.3 Å². The third-order valence-corrected chi connectivity index (χ3v) is 3.23. The van der Waals surface area contributed by atoms with Crippen LogP contribution in [0, 0.1) is 12.7 Å². The molecule has 2 aromatic carbocycles. The molecule has 0 saturated carbocycles. The summed E-state index contributed by atoms with van der Waals surface area (Å²) in [7, 11) is 0. The van der Waals surface area contributed by atoms with Crippen LogP contribution in [-0.4, -0.2) is 11.7 Å².